The standard InChI is InChI=1S/C14H12F3NO2/c1-19-13-5-3-2-4-12(13)9-6-10(18)8-11(7-9)20-14(15,16)17/h2-8H,18H2,1H3. The summed E-state index contributed by atoms with van der Waals surface area (Å²) in [7, 11) is 1.48. The SMILES string of the molecule is COc1ccccc1-c1cc(N)cc(OC(F)(F)F)c1. The second-order valence-corrected chi connectivity index (χ2v) is 4.04. The van der Waals surface area contributed by atoms with E-state index in [1.807, 2.05) is 0 Å². The molecule has 0 atom stereocenters. The number of ether oxygens (including phenoxy) is 2. The smallest absolute Gasteiger partial charge is 0.496 e. The van der Waals surface area contributed by atoms with Gasteiger partial charge in [0.25, 0.3) is 0 Å². The van der Waals surface area contributed by atoms with Gasteiger partial charge in [-0.05, 0) is 23.8 Å². The number of nitrogen functional groups attached to an aromatic ring is 1. The number of anilines is 1. The highest BCUT2D eigenvalue weighted by atomic mass is 19.4. The molecule has 106 valence electrons. The number of benzene rings is 2. The second kappa shape index (κ2) is 5.32. The van der Waals surface area contributed by atoms with Gasteiger partial charge < -0.3 is 15.2 Å². The molecule has 2 N–H and O–H groups in total. The van der Waals surface area contributed by atoms with Gasteiger partial charge in [0, 0.05) is 17.3 Å². The monoisotopic (exact) mass is 283 g/mol. The van der Waals surface area contributed by atoms with E-state index >= 15 is 0 Å². The van der Waals surface area contributed by atoms with Crippen LogP contribution < -0.4 is 15.2 Å². The van der Waals surface area contributed by atoms with Crippen molar-refractivity contribution < 1.29 is 22.6 Å². The second-order valence-electron chi connectivity index (χ2n) is 4.04. The van der Waals surface area contributed by atoms with E-state index in [0.717, 1.165) is 6.07 Å². The van der Waals surface area contributed by atoms with E-state index in [1.54, 1.807) is 30.3 Å². The lowest BCUT2D eigenvalue weighted by atomic mass is 10.0. The van der Waals surface area contributed by atoms with Gasteiger partial charge in [-0.1, -0.05) is 18.2 Å². The van der Waals surface area contributed by atoms with Crippen molar-refractivity contribution in [2.75, 3.05) is 12.8 Å². The summed E-state index contributed by atoms with van der Waals surface area (Å²) in [5, 5.41) is 0. The summed E-state index contributed by atoms with van der Waals surface area (Å²) in [5.74, 6) is 0.175. The highest BCUT2D eigenvalue weighted by Crippen LogP contribution is 2.35. The van der Waals surface area contributed by atoms with Crippen LogP contribution in [0.3, 0.4) is 0 Å². The van der Waals surface area contributed by atoms with Crippen LogP contribution in [-0.4, -0.2) is 13.5 Å². The Kier molecular flexibility index (Phi) is 3.74. The summed E-state index contributed by atoms with van der Waals surface area (Å²) in [4.78, 5) is 0. The first-order valence-corrected chi connectivity index (χ1v) is 5.69. The summed E-state index contributed by atoms with van der Waals surface area (Å²) in [6.45, 7) is 0. The fourth-order valence-corrected chi connectivity index (χ4v) is 1.85. The molecular weight excluding hydrogens is 271 g/mol. The predicted octanol–water partition coefficient (Wildman–Crippen LogP) is 3.84. The van der Waals surface area contributed by atoms with Crippen LogP contribution in [0.2, 0.25) is 0 Å². The van der Waals surface area contributed by atoms with Crippen LogP contribution in [0.5, 0.6) is 11.5 Å². The number of para-hydroxylation sites is 1. The Labute approximate surface area is 113 Å². The van der Waals surface area contributed by atoms with Crippen LogP contribution in [0.15, 0.2) is 42.5 Å². The molecule has 2 aromatic rings. The molecule has 0 heterocycles. The van der Waals surface area contributed by atoms with Crippen LogP contribution in [-0.2, 0) is 0 Å². The minimum atomic E-state index is -4.76. The van der Waals surface area contributed by atoms with Gasteiger partial charge in [0.15, 0.2) is 0 Å². The van der Waals surface area contributed by atoms with E-state index in [2.05, 4.69) is 4.74 Å². The molecule has 0 aromatic heterocycles. The minimum absolute atomic E-state index is 0.174. The van der Waals surface area contributed by atoms with Gasteiger partial charge in [0.2, 0.25) is 0 Å². The van der Waals surface area contributed by atoms with E-state index in [0.29, 0.717) is 16.9 Å². The number of alkyl halides is 3. The quantitative estimate of drug-likeness (QED) is 0.870. The number of hydrogen-bond donors (Lipinski definition) is 1. The van der Waals surface area contributed by atoms with E-state index in [1.165, 1.54) is 13.2 Å². The number of rotatable bonds is 3. The zero-order valence-corrected chi connectivity index (χ0v) is 10.6. The molecule has 0 aliphatic heterocycles. The molecule has 20 heavy (non-hydrogen) atoms. The molecule has 0 saturated carbocycles. The maximum atomic E-state index is 12.3. The summed E-state index contributed by atoms with van der Waals surface area (Å²) in [6.07, 6.45) is -4.76. The lowest BCUT2D eigenvalue weighted by molar-refractivity contribution is -0.274. The first-order chi connectivity index (χ1) is 9.39. The molecule has 0 unspecified atom stereocenters. The lowest BCUT2D eigenvalue weighted by Gasteiger charge is -2.13. The zero-order chi connectivity index (χ0) is 14.8. The third-order valence-corrected chi connectivity index (χ3v) is 2.58. The molecule has 0 aliphatic rings. The Morgan fingerprint density at radius 2 is 1.75 bits per heavy atom. The van der Waals surface area contributed by atoms with Crippen molar-refractivity contribution in [1.82, 2.24) is 0 Å². The molecular formula is C14H12F3NO2. The number of methoxy groups -OCH3 is 1. The molecule has 2 aromatic carbocycles. The van der Waals surface area contributed by atoms with Gasteiger partial charge in [0.05, 0.1) is 7.11 Å². The van der Waals surface area contributed by atoms with Gasteiger partial charge in [-0.25, -0.2) is 0 Å². The van der Waals surface area contributed by atoms with Gasteiger partial charge in [-0.2, -0.15) is 0 Å². The van der Waals surface area contributed by atoms with Crippen molar-refractivity contribution >= 4 is 5.69 Å². The lowest BCUT2D eigenvalue weighted by Crippen LogP contribution is -2.17. The van der Waals surface area contributed by atoms with Crippen molar-refractivity contribution in [3.63, 3.8) is 0 Å². The Hall–Kier alpha value is -2.37. The first kappa shape index (κ1) is 14.0. The molecule has 0 amide bonds. The highest BCUT2D eigenvalue weighted by molar-refractivity contribution is 5.74. The minimum Gasteiger partial charge on any atom is -0.496 e. The summed E-state index contributed by atoms with van der Waals surface area (Å²) < 4.78 is 45.9. The number of nitrogens with two attached hydrogens (primary N) is 1. The number of hydrogen-bond acceptors (Lipinski definition) is 3. The van der Waals surface area contributed by atoms with Gasteiger partial charge in [-0.3, -0.25) is 0 Å². The third-order valence-electron chi connectivity index (χ3n) is 2.58. The molecule has 3 nitrogen and oxygen atoms in total. The van der Waals surface area contributed by atoms with Crippen molar-refractivity contribution in [3.05, 3.63) is 42.5 Å². The maximum absolute atomic E-state index is 12.3. The molecule has 6 heteroatoms. The predicted molar refractivity (Wildman–Crippen MR) is 69.5 cm³/mol. The Balaban J connectivity index is 2.47. The molecule has 0 spiro atoms. The first-order valence-electron chi connectivity index (χ1n) is 5.69. The van der Waals surface area contributed by atoms with Gasteiger partial charge in [-0.15, -0.1) is 13.2 Å². The Morgan fingerprint density at radius 1 is 1.05 bits per heavy atom. The largest absolute Gasteiger partial charge is 0.573 e. The molecule has 0 aliphatic carbocycles. The van der Waals surface area contributed by atoms with Crippen molar-refractivity contribution in [2.24, 2.45) is 0 Å². The normalized spacial score (nSPS) is 11.2. The summed E-state index contributed by atoms with van der Waals surface area (Å²) in [6, 6.07) is 10.9. The molecule has 2 rings (SSSR count). The molecule has 0 saturated heterocycles. The van der Waals surface area contributed by atoms with Gasteiger partial charge in [0.1, 0.15) is 11.5 Å². The zero-order valence-electron chi connectivity index (χ0n) is 10.6. The van der Waals surface area contributed by atoms with E-state index in [-0.39, 0.29) is 11.4 Å². The fourth-order valence-electron chi connectivity index (χ4n) is 1.85. The van der Waals surface area contributed by atoms with Crippen LogP contribution in [0.4, 0.5) is 18.9 Å². The van der Waals surface area contributed by atoms with E-state index in [4.69, 9.17) is 10.5 Å². The van der Waals surface area contributed by atoms with Crippen molar-refractivity contribution in [3.8, 4) is 22.6 Å². The van der Waals surface area contributed by atoms with Crippen LogP contribution in [0.1, 0.15) is 0 Å². The van der Waals surface area contributed by atoms with Crippen LogP contribution in [0, 0.1) is 0 Å². The average molecular weight is 283 g/mol. The maximum Gasteiger partial charge on any atom is 0.573 e. The van der Waals surface area contributed by atoms with Crippen molar-refractivity contribution in [1.29, 1.82) is 0 Å². The molecule has 0 radical (unpaired) electrons. The summed E-state index contributed by atoms with van der Waals surface area (Å²) >= 11 is 0. The summed E-state index contributed by atoms with van der Waals surface area (Å²) in [5.41, 5.74) is 6.91. The van der Waals surface area contributed by atoms with Crippen LogP contribution >= 0.6 is 0 Å². The van der Waals surface area contributed by atoms with Gasteiger partial charge >= 0.3 is 6.36 Å². The van der Waals surface area contributed by atoms with Crippen LogP contribution in [0.25, 0.3) is 11.1 Å². The molecule has 0 bridgehead atoms. The van der Waals surface area contributed by atoms with Crippen molar-refractivity contribution in [2.45, 2.75) is 6.36 Å². The van der Waals surface area contributed by atoms with E-state index in [9.17, 15) is 13.2 Å². The molecule has 0 fully saturated rings. The van der Waals surface area contributed by atoms with E-state index < -0.39 is 6.36 Å². The average Bonchev–Trinajstić information content (AvgIpc) is 2.36. The Morgan fingerprint density at radius 3 is 2.40 bits per heavy atom. The third kappa shape index (κ3) is 3.34. The fraction of sp³-hybridized carbons (Fsp3) is 0.143. The highest BCUT2D eigenvalue weighted by Gasteiger charge is 2.31. The number of halogens is 3. The Bertz CT molecular complexity index is 612. The topological polar surface area (TPSA) is 44.5 Å².